The summed E-state index contributed by atoms with van der Waals surface area (Å²) in [5.41, 5.74) is 8.01. The molecule has 0 bridgehead atoms. The molecule has 2 aromatic rings. The van der Waals surface area contributed by atoms with E-state index in [1.807, 2.05) is 25.1 Å². The van der Waals surface area contributed by atoms with E-state index in [1.165, 1.54) is 12.1 Å². The van der Waals surface area contributed by atoms with Crippen LogP contribution in [-0.2, 0) is 6.54 Å². The molecule has 0 aliphatic heterocycles. The summed E-state index contributed by atoms with van der Waals surface area (Å²) in [6.45, 7) is 3.39. The first-order valence-corrected chi connectivity index (χ1v) is 6.77. The molecule has 5 heteroatoms. The van der Waals surface area contributed by atoms with Gasteiger partial charge >= 0.3 is 0 Å². The van der Waals surface area contributed by atoms with Crippen LogP contribution in [0.2, 0.25) is 0 Å². The third-order valence-electron chi connectivity index (χ3n) is 3.03. The highest BCUT2D eigenvalue weighted by Crippen LogP contribution is 2.23. The molecule has 0 atom stereocenters. The van der Waals surface area contributed by atoms with Crippen LogP contribution in [0.1, 0.15) is 18.2 Å². The molecule has 0 amide bonds. The molecule has 1 aromatic carbocycles. The van der Waals surface area contributed by atoms with Crippen molar-refractivity contribution < 1.29 is 4.39 Å². The van der Waals surface area contributed by atoms with Crippen molar-refractivity contribution in [1.82, 2.24) is 4.98 Å². The van der Waals surface area contributed by atoms with Crippen molar-refractivity contribution >= 4 is 22.9 Å². The van der Waals surface area contributed by atoms with Gasteiger partial charge in [0.1, 0.15) is 10.8 Å². The highest BCUT2D eigenvalue weighted by Gasteiger charge is 2.13. The normalized spacial score (nSPS) is 10.3. The van der Waals surface area contributed by atoms with E-state index in [0.717, 1.165) is 17.9 Å². The second-order valence-corrected chi connectivity index (χ2v) is 4.80. The van der Waals surface area contributed by atoms with Crippen LogP contribution >= 0.6 is 12.2 Å². The first-order valence-electron chi connectivity index (χ1n) is 6.36. The fraction of sp³-hybridized carbons (Fsp3) is 0.200. The van der Waals surface area contributed by atoms with E-state index in [-0.39, 0.29) is 10.8 Å². The number of hydrogen-bond donors (Lipinski definition) is 1. The second kappa shape index (κ2) is 6.43. The van der Waals surface area contributed by atoms with Crippen molar-refractivity contribution in [3.63, 3.8) is 0 Å². The number of anilines is 1. The van der Waals surface area contributed by atoms with E-state index >= 15 is 0 Å². The molecule has 0 spiro atoms. The van der Waals surface area contributed by atoms with E-state index in [1.54, 1.807) is 12.3 Å². The van der Waals surface area contributed by atoms with E-state index in [0.29, 0.717) is 12.1 Å². The SMILES string of the molecule is CCN(Cc1ccccn1)c1ccc(F)cc1C(N)=S. The quantitative estimate of drug-likeness (QED) is 0.859. The zero-order valence-electron chi connectivity index (χ0n) is 11.2. The molecule has 2 N–H and O–H groups in total. The molecule has 1 aromatic heterocycles. The van der Waals surface area contributed by atoms with E-state index < -0.39 is 0 Å². The lowest BCUT2D eigenvalue weighted by Gasteiger charge is -2.25. The van der Waals surface area contributed by atoms with Crippen LogP contribution in [0.25, 0.3) is 0 Å². The predicted octanol–water partition coefficient (Wildman–Crippen LogP) is 2.88. The number of aromatic nitrogens is 1. The lowest BCUT2D eigenvalue weighted by Crippen LogP contribution is -2.26. The van der Waals surface area contributed by atoms with Gasteiger partial charge in [-0.15, -0.1) is 0 Å². The van der Waals surface area contributed by atoms with Crippen LogP contribution in [0.3, 0.4) is 0 Å². The molecule has 0 saturated carbocycles. The molecular weight excluding hydrogens is 273 g/mol. The summed E-state index contributed by atoms with van der Waals surface area (Å²) in [5.74, 6) is -0.342. The Hall–Kier alpha value is -2.01. The van der Waals surface area contributed by atoms with E-state index in [9.17, 15) is 4.39 Å². The topological polar surface area (TPSA) is 42.2 Å². The summed E-state index contributed by atoms with van der Waals surface area (Å²) in [6.07, 6.45) is 1.75. The molecule has 0 saturated heterocycles. The molecule has 0 aliphatic rings. The first-order chi connectivity index (χ1) is 9.61. The zero-order valence-corrected chi connectivity index (χ0v) is 12.0. The van der Waals surface area contributed by atoms with Gasteiger partial charge in [0.2, 0.25) is 0 Å². The van der Waals surface area contributed by atoms with Crippen LogP contribution in [0.15, 0.2) is 42.6 Å². The summed E-state index contributed by atoms with van der Waals surface area (Å²) in [6, 6.07) is 10.3. The van der Waals surface area contributed by atoms with Crippen LogP contribution in [0, 0.1) is 5.82 Å². The van der Waals surface area contributed by atoms with Gasteiger partial charge in [0.15, 0.2) is 0 Å². The summed E-state index contributed by atoms with van der Waals surface area (Å²) in [5, 5.41) is 0. The molecule has 0 aliphatic carbocycles. The highest BCUT2D eigenvalue weighted by molar-refractivity contribution is 7.80. The summed E-state index contributed by atoms with van der Waals surface area (Å²) < 4.78 is 13.4. The third kappa shape index (κ3) is 3.30. The lowest BCUT2D eigenvalue weighted by atomic mass is 10.1. The minimum absolute atomic E-state index is 0.193. The second-order valence-electron chi connectivity index (χ2n) is 4.36. The van der Waals surface area contributed by atoms with Gasteiger partial charge in [-0.1, -0.05) is 18.3 Å². The van der Waals surface area contributed by atoms with Gasteiger partial charge < -0.3 is 10.6 Å². The third-order valence-corrected chi connectivity index (χ3v) is 3.25. The average Bonchev–Trinajstić information content (AvgIpc) is 2.46. The van der Waals surface area contributed by atoms with Crippen molar-refractivity contribution in [3.05, 3.63) is 59.7 Å². The van der Waals surface area contributed by atoms with Crippen LogP contribution < -0.4 is 10.6 Å². The largest absolute Gasteiger partial charge is 0.389 e. The smallest absolute Gasteiger partial charge is 0.124 e. The Bertz CT molecular complexity index is 601. The maximum Gasteiger partial charge on any atom is 0.124 e. The van der Waals surface area contributed by atoms with Gasteiger partial charge in [-0.25, -0.2) is 4.39 Å². The number of rotatable bonds is 5. The van der Waals surface area contributed by atoms with Gasteiger partial charge in [0.25, 0.3) is 0 Å². The van der Waals surface area contributed by atoms with Crippen molar-refractivity contribution in [2.75, 3.05) is 11.4 Å². The molecule has 1 heterocycles. The van der Waals surface area contributed by atoms with Crippen LogP contribution in [-0.4, -0.2) is 16.5 Å². The van der Waals surface area contributed by atoms with Gasteiger partial charge in [0.05, 0.1) is 12.2 Å². The van der Waals surface area contributed by atoms with Gasteiger partial charge in [-0.2, -0.15) is 0 Å². The molecule has 2 rings (SSSR count). The fourth-order valence-corrected chi connectivity index (χ4v) is 2.20. The minimum atomic E-state index is -0.342. The average molecular weight is 289 g/mol. The Kier molecular flexibility index (Phi) is 4.63. The van der Waals surface area contributed by atoms with Crippen molar-refractivity contribution in [2.45, 2.75) is 13.5 Å². The summed E-state index contributed by atoms with van der Waals surface area (Å²) in [4.78, 5) is 6.56. The predicted molar refractivity (Wildman–Crippen MR) is 83.2 cm³/mol. The standard InChI is InChI=1S/C15H16FN3S/c1-2-19(10-12-5-3-4-8-18-12)14-7-6-11(16)9-13(14)15(17)20/h3-9H,2,10H2,1H3,(H2,17,20). The van der Waals surface area contributed by atoms with Crippen molar-refractivity contribution in [2.24, 2.45) is 5.73 Å². The summed E-state index contributed by atoms with van der Waals surface area (Å²) >= 11 is 5.01. The number of halogens is 1. The number of thiocarbonyl (C=S) groups is 1. The first kappa shape index (κ1) is 14.4. The Morgan fingerprint density at radius 3 is 2.75 bits per heavy atom. The summed E-state index contributed by atoms with van der Waals surface area (Å²) in [7, 11) is 0. The molecule has 104 valence electrons. The van der Waals surface area contributed by atoms with Gasteiger partial charge in [-0.05, 0) is 37.3 Å². The molecule has 0 fully saturated rings. The number of nitrogens with zero attached hydrogens (tertiary/aromatic N) is 2. The molecular formula is C15H16FN3S. The Balaban J connectivity index is 2.34. The van der Waals surface area contributed by atoms with E-state index in [4.69, 9.17) is 18.0 Å². The molecule has 0 unspecified atom stereocenters. The van der Waals surface area contributed by atoms with Gasteiger partial charge in [0, 0.05) is 24.0 Å². The Labute approximate surface area is 123 Å². The molecule has 0 radical (unpaired) electrons. The zero-order chi connectivity index (χ0) is 14.5. The minimum Gasteiger partial charge on any atom is -0.389 e. The molecule has 3 nitrogen and oxygen atoms in total. The lowest BCUT2D eigenvalue weighted by molar-refractivity contribution is 0.627. The van der Waals surface area contributed by atoms with Crippen molar-refractivity contribution in [1.29, 1.82) is 0 Å². The number of nitrogens with two attached hydrogens (primary N) is 1. The molecule has 20 heavy (non-hydrogen) atoms. The highest BCUT2D eigenvalue weighted by atomic mass is 32.1. The van der Waals surface area contributed by atoms with Crippen LogP contribution in [0.4, 0.5) is 10.1 Å². The Morgan fingerprint density at radius 2 is 2.15 bits per heavy atom. The Morgan fingerprint density at radius 1 is 1.35 bits per heavy atom. The fourth-order valence-electron chi connectivity index (χ4n) is 2.04. The number of benzene rings is 1. The monoisotopic (exact) mass is 289 g/mol. The maximum absolute atomic E-state index is 13.4. The van der Waals surface area contributed by atoms with Crippen LogP contribution in [0.5, 0.6) is 0 Å². The maximum atomic E-state index is 13.4. The van der Waals surface area contributed by atoms with Crippen molar-refractivity contribution in [3.8, 4) is 0 Å². The van der Waals surface area contributed by atoms with E-state index in [2.05, 4.69) is 9.88 Å². The number of pyridine rings is 1. The van der Waals surface area contributed by atoms with Gasteiger partial charge in [-0.3, -0.25) is 4.98 Å². The number of hydrogen-bond acceptors (Lipinski definition) is 3.